The van der Waals surface area contributed by atoms with Gasteiger partial charge < -0.3 is 4.74 Å². The largest absolute Gasteiger partial charge is 0.488 e. The Morgan fingerprint density at radius 3 is 2.53 bits per heavy atom. The van der Waals surface area contributed by atoms with Gasteiger partial charge in [-0.15, -0.1) is 0 Å². The van der Waals surface area contributed by atoms with Gasteiger partial charge in [0.2, 0.25) is 0 Å². The number of nitrogens with one attached hydrogen (secondary N) is 1. The Labute approximate surface area is 221 Å². The molecule has 0 bridgehead atoms. The number of benzene rings is 4. The van der Waals surface area contributed by atoms with Gasteiger partial charge in [-0.2, -0.15) is 0 Å². The highest BCUT2D eigenvalue weighted by Gasteiger charge is 2.37. The summed E-state index contributed by atoms with van der Waals surface area (Å²) in [5.41, 5.74) is 0.534. The maximum absolute atomic E-state index is 13.3. The number of carbonyl (C=O) groups is 3. The van der Waals surface area contributed by atoms with Crippen molar-refractivity contribution in [1.82, 2.24) is 5.32 Å². The van der Waals surface area contributed by atoms with Crippen molar-refractivity contribution in [3.05, 3.63) is 117 Å². The van der Waals surface area contributed by atoms with Crippen molar-refractivity contribution in [3.8, 4) is 5.75 Å². The number of nitro groups is 1. The summed E-state index contributed by atoms with van der Waals surface area (Å²) >= 11 is 6.20. The predicted molar refractivity (Wildman–Crippen MR) is 142 cm³/mol. The number of halogens is 1. The third-order valence-corrected chi connectivity index (χ3v) is 6.17. The molecule has 0 saturated carbocycles. The van der Waals surface area contributed by atoms with Crippen LogP contribution in [0.2, 0.25) is 5.02 Å². The van der Waals surface area contributed by atoms with E-state index in [2.05, 4.69) is 5.32 Å². The molecule has 0 aliphatic carbocycles. The lowest BCUT2D eigenvalue weighted by Crippen LogP contribution is -2.54. The molecule has 0 atom stereocenters. The van der Waals surface area contributed by atoms with E-state index in [9.17, 15) is 24.5 Å². The lowest BCUT2D eigenvalue weighted by atomic mass is 10.0. The molecule has 4 aromatic carbocycles. The van der Waals surface area contributed by atoms with Crippen LogP contribution in [0, 0.1) is 10.1 Å². The highest BCUT2D eigenvalue weighted by Crippen LogP contribution is 2.30. The number of amides is 4. The van der Waals surface area contributed by atoms with E-state index in [1.54, 1.807) is 12.1 Å². The number of urea groups is 1. The first-order chi connectivity index (χ1) is 18.3. The van der Waals surface area contributed by atoms with Gasteiger partial charge >= 0.3 is 6.03 Å². The Morgan fingerprint density at radius 2 is 1.71 bits per heavy atom. The molecule has 1 saturated heterocycles. The lowest BCUT2D eigenvalue weighted by molar-refractivity contribution is -0.384. The van der Waals surface area contributed by atoms with E-state index in [1.807, 2.05) is 42.5 Å². The fourth-order valence-corrected chi connectivity index (χ4v) is 4.31. The molecule has 1 aliphatic rings. The number of imide groups is 2. The van der Waals surface area contributed by atoms with Crippen LogP contribution in [0.15, 0.2) is 90.5 Å². The molecular weight excluding hydrogens is 510 g/mol. The van der Waals surface area contributed by atoms with Gasteiger partial charge in [0, 0.05) is 22.7 Å². The van der Waals surface area contributed by atoms with Crippen LogP contribution in [0.3, 0.4) is 0 Å². The standard InChI is InChI=1S/C28H18ClN3O6/c29-20-11-12-25(38-16-18-7-3-6-17-5-1-2-10-23(17)18)19(13-20)14-24-26(33)30-28(35)31(27(24)34)21-8-4-9-22(15-21)32(36)37/h1-15H,16H2,(H,30,33,35)/b24-14+. The van der Waals surface area contributed by atoms with E-state index in [-0.39, 0.29) is 23.6 Å². The highest BCUT2D eigenvalue weighted by molar-refractivity contribution is 6.39. The first kappa shape index (κ1) is 24.7. The average molecular weight is 528 g/mol. The van der Waals surface area contributed by atoms with Crippen LogP contribution in [0.5, 0.6) is 5.75 Å². The molecule has 1 N–H and O–H groups in total. The topological polar surface area (TPSA) is 119 Å². The van der Waals surface area contributed by atoms with Crippen molar-refractivity contribution in [2.45, 2.75) is 6.61 Å². The summed E-state index contributed by atoms with van der Waals surface area (Å²) in [6.07, 6.45) is 1.28. The summed E-state index contributed by atoms with van der Waals surface area (Å²) < 4.78 is 6.07. The number of hydrogen-bond donors (Lipinski definition) is 1. The monoisotopic (exact) mass is 527 g/mol. The number of nitrogens with zero attached hydrogens (tertiary/aromatic N) is 2. The molecule has 0 unspecified atom stereocenters. The van der Waals surface area contributed by atoms with E-state index in [1.165, 1.54) is 30.3 Å². The number of rotatable bonds is 6. The molecule has 0 radical (unpaired) electrons. The van der Waals surface area contributed by atoms with Crippen molar-refractivity contribution < 1.29 is 24.0 Å². The molecular formula is C28H18ClN3O6. The van der Waals surface area contributed by atoms with Crippen LogP contribution in [0.4, 0.5) is 16.2 Å². The Bertz CT molecular complexity index is 1660. The van der Waals surface area contributed by atoms with Crippen molar-refractivity contribution in [2.75, 3.05) is 4.90 Å². The number of hydrogen-bond acceptors (Lipinski definition) is 6. The zero-order valence-corrected chi connectivity index (χ0v) is 20.3. The van der Waals surface area contributed by atoms with Gasteiger partial charge in [-0.25, -0.2) is 9.69 Å². The number of fused-ring (bicyclic) bond motifs is 1. The van der Waals surface area contributed by atoms with Gasteiger partial charge in [0.15, 0.2) is 0 Å². The maximum atomic E-state index is 13.3. The van der Waals surface area contributed by atoms with Crippen molar-refractivity contribution >= 4 is 57.7 Å². The highest BCUT2D eigenvalue weighted by atomic mass is 35.5. The van der Waals surface area contributed by atoms with E-state index < -0.39 is 22.8 Å². The number of anilines is 1. The number of barbiturate groups is 1. The molecule has 4 aromatic rings. The zero-order valence-electron chi connectivity index (χ0n) is 19.6. The van der Waals surface area contributed by atoms with Gasteiger partial charge in [0.05, 0.1) is 10.6 Å². The number of carbonyl (C=O) groups excluding carboxylic acids is 3. The summed E-state index contributed by atoms with van der Waals surface area (Å²) in [5.74, 6) is -1.50. The Morgan fingerprint density at radius 1 is 0.947 bits per heavy atom. The summed E-state index contributed by atoms with van der Waals surface area (Å²) in [6.45, 7) is 0.206. The minimum Gasteiger partial charge on any atom is -0.488 e. The first-order valence-corrected chi connectivity index (χ1v) is 11.7. The van der Waals surface area contributed by atoms with Gasteiger partial charge in [-0.1, -0.05) is 60.1 Å². The van der Waals surface area contributed by atoms with Crippen LogP contribution in [-0.4, -0.2) is 22.8 Å². The average Bonchev–Trinajstić information content (AvgIpc) is 2.90. The fourth-order valence-electron chi connectivity index (χ4n) is 4.13. The third-order valence-electron chi connectivity index (χ3n) is 5.94. The molecule has 9 nitrogen and oxygen atoms in total. The number of nitro benzene ring substituents is 1. The fraction of sp³-hybridized carbons (Fsp3) is 0.0357. The van der Waals surface area contributed by atoms with E-state index in [0.29, 0.717) is 21.2 Å². The van der Waals surface area contributed by atoms with E-state index in [0.717, 1.165) is 22.4 Å². The molecule has 38 heavy (non-hydrogen) atoms. The first-order valence-electron chi connectivity index (χ1n) is 11.4. The van der Waals surface area contributed by atoms with Crippen molar-refractivity contribution in [1.29, 1.82) is 0 Å². The second-order valence-electron chi connectivity index (χ2n) is 8.34. The summed E-state index contributed by atoms with van der Waals surface area (Å²) in [5, 5.41) is 15.7. The van der Waals surface area contributed by atoms with Gasteiger partial charge in [-0.05, 0) is 46.7 Å². The van der Waals surface area contributed by atoms with E-state index in [4.69, 9.17) is 16.3 Å². The van der Waals surface area contributed by atoms with E-state index >= 15 is 0 Å². The minimum atomic E-state index is -1.02. The van der Waals surface area contributed by atoms with Crippen molar-refractivity contribution in [3.63, 3.8) is 0 Å². The Balaban J connectivity index is 1.49. The normalized spacial score (nSPS) is 14.6. The zero-order chi connectivity index (χ0) is 26.8. The molecule has 1 heterocycles. The van der Waals surface area contributed by atoms with Crippen LogP contribution in [0.25, 0.3) is 16.8 Å². The van der Waals surface area contributed by atoms with Crippen LogP contribution in [-0.2, 0) is 16.2 Å². The van der Waals surface area contributed by atoms with Crippen LogP contribution in [0.1, 0.15) is 11.1 Å². The third kappa shape index (κ3) is 4.82. The minimum absolute atomic E-state index is 0.0568. The second-order valence-corrected chi connectivity index (χ2v) is 8.78. The van der Waals surface area contributed by atoms with Gasteiger partial charge in [-0.3, -0.25) is 25.0 Å². The molecule has 0 spiro atoms. The number of non-ortho nitro benzene ring substituents is 1. The molecule has 1 fully saturated rings. The summed E-state index contributed by atoms with van der Waals surface area (Å²) in [4.78, 5) is 49.7. The molecule has 1 aliphatic heterocycles. The predicted octanol–water partition coefficient (Wildman–Crippen LogP) is 5.65. The van der Waals surface area contributed by atoms with Crippen LogP contribution >= 0.6 is 11.6 Å². The lowest BCUT2D eigenvalue weighted by Gasteiger charge is -2.26. The van der Waals surface area contributed by atoms with Gasteiger partial charge in [0.25, 0.3) is 17.5 Å². The van der Waals surface area contributed by atoms with Gasteiger partial charge in [0.1, 0.15) is 17.9 Å². The molecule has 10 heteroatoms. The molecule has 5 rings (SSSR count). The number of ether oxygens (including phenoxy) is 1. The smallest absolute Gasteiger partial charge is 0.335 e. The summed E-state index contributed by atoms with van der Waals surface area (Å²) in [6, 6.07) is 22.5. The quantitative estimate of drug-likeness (QED) is 0.150. The molecule has 0 aromatic heterocycles. The molecule has 188 valence electrons. The Kier molecular flexibility index (Phi) is 6.59. The van der Waals surface area contributed by atoms with Crippen molar-refractivity contribution in [2.24, 2.45) is 0 Å². The second kappa shape index (κ2) is 10.2. The summed E-state index contributed by atoms with van der Waals surface area (Å²) in [7, 11) is 0. The molecule has 4 amide bonds. The Hall–Kier alpha value is -5.02. The SMILES string of the molecule is O=C1NC(=O)N(c2cccc([N+](=O)[O-])c2)C(=O)/C1=C/c1cc(Cl)ccc1OCc1cccc2ccccc12. The van der Waals surface area contributed by atoms with Crippen LogP contribution < -0.4 is 15.0 Å². The maximum Gasteiger partial charge on any atom is 0.335 e.